The Balaban J connectivity index is 1.80. The van der Waals surface area contributed by atoms with Crippen LogP contribution in [0.4, 0.5) is 0 Å². The molecule has 0 bridgehead atoms. The maximum absolute atomic E-state index is 10.9. The van der Waals surface area contributed by atoms with E-state index in [1.165, 1.54) is 0 Å². The van der Waals surface area contributed by atoms with Crippen LogP contribution in [0.15, 0.2) is 24.3 Å². The molecule has 3 rings (SSSR count). The van der Waals surface area contributed by atoms with Crippen molar-refractivity contribution in [3.05, 3.63) is 34.9 Å². The van der Waals surface area contributed by atoms with E-state index in [-0.39, 0.29) is 0 Å². The highest BCUT2D eigenvalue weighted by atomic mass is 35.5. The quantitative estimate of drug-likeness (QED) is 0.811. The van der Waals surface area contributed by atoms with Gasteiger partial charge in [0.15, 0.2) is 0 Å². The van der Waals surface area contributed by atoms with Crippen LogP contribution >= 0.6 is 11.6 Å². The number of hydrogen-bond donors (Lipinski definition) is 2. The molecule has 2 heterocycles. The van der Waals surface area contributed by atoms with Gasteiger partial charge in [-0.25, -0.2) is 0 Å². The Bertz CT molecular complexity index is 422. The van der Waals surface area contributed by atoms with Gasteiger partial charge in [0, 0.05) is 37.2 Å². The van der Waals surface area contributed by atoms with Crippen molar-refractivity contribution in [1.29, 1.82) is 0 Å². The number of halogens is 1. The average Bonchev–Trinajstić information content (AvgIpc) is 2.39. The standard InChI is InChI=1S/C14H19ClN2O/c15-12-3-1-11(2-4-12)14(18)6-5-13-9-16-7-8-17(13)10-14/h1-4,13,16,18H,5-10H2/t13-,14+/m0/s1. The minimum atomic E-state index is -0.710. The van der Waals surface area contributed by atoms with Gasteiger partial charge in [-0.05, 0) is 30.5 Å². The minimum Gasteiger partial charge on any atom is -0.384 e. The molecule has 0 aromatic heterocycles. The summed E-state index contributed by atoms with van der Waals surface area (Å²) in [6, 6.07) is 8.21. The van der Waals surface area contributed by atoms with Gasteiger partial charge in [-0.1, -0.05) is 23.7 Å². The Morgan fingerprint density at radius 3 is 2.89 bits per heavy atom. The first-order valence-corrected chi connectivity index (χ1v) is 6.98. The first-order valence-electron chi connectivity index (χ1n) is 6.61. The molecular weight excluding hydrogens is 248 g/mol. The molecule has 0 spiro atoms. The van der Waals surface area contributed by atoms with Crippen LogP contribution in [0, 0.1) is 0 Å². The molecule has 2 fully saturated rings. The number of benzene rings is 1. The summed E-state index contributed by atoms with van der Waals surface area (Å²) < 4.78 is 0. The maximum Gasteiger partial charge on any atom is 0.102 e. The number of fused-ring (bicyclic) bond motifs is 1. The largest absolute Gasteiger partial charge is 0.384 e. The lowest BCUT2D eigenvalue weighted by Gasteiger charge is -2.46. The first-order chi connectivity index (χ1) is 8.67. The van der Waals surface area contributed by atoms with Gasteiger partial charge in [-0.2, -0.15) is 0 Å². The lowest BCUT2D eigenvalue weighted by atomic mass is 9.82. The van der Waals surface area contributed by atoms with Crippen LogP contribution in [0.1, 0.15) is 18.4 Å². The highest BCUT2D eigenvalue weighted by Crippen LogP contribution is 2.34. The van der Waals surface area contributed by atoms with Crippen LogP contribution < -0.4 is 5.32 Å². The molecule has 0 radical (unpaired) electrons. The van der Waals surface area contributed by atoms with Crippen molar-refractivity contribution in [2.75, 3.05) is 26.2 Å². The Labute approximate surface area is 113 Å². The zero-order chi connectivity index (χ0) is 12.6. The van der Waals surface area contributed by atoms with Crippen LogP contribution in [-0.2, 0) is 5.60 Å². The van der Waals surface area contributed by atoms with Gasteiger partial charge in [0.1, 0.15) is 5.60 Å². The van der Waals surface area contributed by atoms with Crippen molar-refractivity contribution in [3.63, 3.8) is 0 Å². The summed E-state index contributed by atoms with van der Waals surface area (Å²) in [5.41, 5.74) is 0.280. The van der Waals surface area contributed by atoms with Gasteiger partial charge in [-0.15, -0.1) is 0 Å². The second-order valence-electron chi connectivity index (χ2n) is 5.41. The molecule has 18 heavy (non-hydrogen) atoms. The predicted octanol–water partition coefficient (Wildman–Crippen LogP) is 1.60. The van der Waals surface area contributed by atoms with Crippen LogP contribution in [-0.4, -0.2) is 42.2 Å². The summed E-state index contributed by atoms with van der Waals surface area (Å²) in [7, 11) is 0. The van der Waals surface area contributed by atoms with E-state index in [1.807, 2.05) is 24.3 Å². The Morgan fingerprint density at radius 1 is 1.33 bits per heavy atom. The second-order valence-corrected chi connectivity index (χ2v) is 5.84. The summed E-state index contributed by atoms with van der Waals surface area (Å²) in [6.07, 6.45) is 1.88. The first kappa shape index (κ1) is 12.4. The van der Waals surface area contributed by atoms with Crippen molar-refractivity contribution in [1.82, 2.24) is 10.2 Å². The number of nitrogens with one attached hydrogen (secondary N) is 1. The van der Waals surface area contributed by atoms with E-state index in [1.54, 1.807) is 0 Å². The molecule has 4 heteroatoms. The van der Waals surface area contributed by atoms with Gasteiger partial charge in [0.2, 0.25) is 0 Å². The van der Waals surface area contributed by atoms with E-state index in [4.69, 9.17) is 11.6 Å². The van der Waals surface area contributed by atoms with Gasteiger partial charge in [-0.3, -0.25) is 4.90 Å². The zero-order valence-corrected chi connectivity index (χ0v) is 11.2. The second kappa shape index (κ2) is 4.82. The number of nitrogens with zero attached hydrogens (tertiary/aromatic N) is 1. The van der Waals surface area contributed by atoms with E-state index >= 15 is 0 Å². The molecule has 0 saturated carbocycles. The molecule has 1 aromatic carbocycles. The van der Waals surface area contributed by atoms with Crippen molar-refractivity contribution in [2.24, 2.45) is 0 Å². The third-order valence-corrected chi connectivity index (χ3v) is 4.46. The van der Waals surface area contributed by atoms with E-state index in [0.717, 1.165) is 49.6 Å². The van der Waals surface area contributed by atoms with Crippen LogP contribution in [0.5, 0.6) is 0 Å². The molecule has 2 aliphatic heterocycles. The predicted molar refractivity (Wildman–Crippen MR) is 72.8 cm³/mol. The normalized spacial score (nSPS) is 33.1. The molecule has 1 aromatic rings. The van der Waals surface area contributed by atoms with E-state index in [2.05, 4.69) is 10.2 Å². The fourth-order valence-corrected chi connectivity index (χ4v) is 3.24. The SMILES string of the molecule is O[C@]1(c2ccc(Cl)cc2)CC[C@H]2CNCCN2C1. The smallest absolute Gasteiger partial charge is 0.102 e. The van der Waals surface area contributed by atoms with Gasteiger partial charge < -0.3 is 10.4 Å². The molecule has 0 amide bonds. The summed E-state index contributed by atoms with van der Waals surface area (Å²) >= 11 is 5.91. The van der Waals surface area contributed by atoms with Gasteiger partial charge in [0.05, 0.1) is 0 Å². The monoisotopic (exact) mass is 266 g/mol. The Kier molecular flexibility index (Phi) is 3.32. The minimum absolute atomic E-state index is 0.589. The summed E-state index contributed by atoms with van der Waals surface area (Å²) in [4.78, 5) is 2.41. The summed E-state index contributed by atoms with van der Waals surface area (Å²) in [5, 5.41) is 15.0. The van der Waals surface area contributed by atoms with E-state index in [0.29, 0.717) is 6.04 Å². The highest BCUT2D eigenvalue weighted by Gasteiger charge is 2.39. The molecule has 98 valence electrons. The molecule has 0 aliphatic carbocycles. The molecule has 3 nitrogen and oxygen atoms in total. The van der Waals surface area contributed by atoms with Crippen molar-refractivity contribution >= 4 is 11.6 Å². The summed E-state index contributed by atoms with van der Waals surface area (Å²) in [5.74, 6) is 0. The maximum atomic E-state index is 10.9. The third-order valence-electron chi connectivity index (χ3n) is 4.21. The van der Waals surface area contributed by atoms with E-state index in [9.17, 15) is 5.11 Å². The van der Waals surface area contributed by atoms with Crippen molar-refractivity contribution < 1.29 is 5.11 Å². The molecule has 2 atom stereocenters. The highest BCUT2D eigenvalue weighted by molar-refractivity contribution is 6.30. The van der Waals surface area contributed by atoms with Gasteiger partial charge in [0.25, 0.3) is 0 Å². The van der Waals surface area contributed by atoms with Crippen LogP contribution in [0.2, 0.25) is 5.02 Å². The topological polar surface area (TPSA) is 35.5 Å². The van der Waals surface area contributed by atoms with Crippen LogP contribution in [0.25, 0.3) is 0 Å². The fourth-order valence-electron chi connectivity index (χ4n) is 3.11. The average molecular weight is 267 g/mol. The number of piperazine rings is 1. The molecule has 2 N–H and O–H groups in total. The van der Waals surface area contributed by atoms with Crippen molar-refractivity contribution in [2.45, 2.75) is 24.5 Å². The lowest BCUT2D eigenvalue weighted by Crippen LogP contribution is -2.58. The lowest BCUT2D eigenvalue weighted by molar-refractivity contribution is -0.0624. The fraction of sp³-hybridized carbons (Fsp3) is 0.571. The number of rotatable bonds is 1. The van der Waals surface area contributed by atoms with Crippen molar-refractivity contribution in [3.8, 4) is 0 Å². The Hall–Kier alpha value is -0.610. The Morgan fingerprint density at radius 2 is 2.11 bits per heavy atom. The molecule has 0 unspecified atom stereocenters. The molecule has 2 saturated heterocycles. The van der Waals surface area contributed by atoms with E-state index < -0.39 is 5.60 Å². The molecule has 2 aliphatic rings. The van der Waals surface area contributed by atoms with Gasteiger partial charge >= 0.3 is 0 Å². The number of hydrogen-bond acceptors (Lipinski definition) is 3. The number of aliphatic hydroxyl groups is 1. The zero-order valence-electron chi connectivity index (χ0n) is 10.4. The van der Waals surface area contributed by atoms with Crippen LogP contribution in [0.3, 0.4) is 0 Å². The summed E-state index contributed by atoms with van der Waals surface area (Å²) in [6.45, 7) is 3.84. The third kappa shape index (κ3) is 2.28. The molecular formula is C14H19ClN2O. The number of piperidine rings is 1.